The number of amides is 1. The zero-order valence-electron chi connectivity index (χ0n) is 21.4. The minimum absolute atomic E-state index is 0.0130. The summed E-state index contributed by atoms with van der Waals surface area (Å²) >= 11 is 0. The summed E-state index contributed by atoms with van der Waals surface area (Å²) in [6.45, 7) is 9.84. The molecule has 3 aliphatic carbocycles. The van der Waals surface area contributed by atoms with Crippen molar-refractivity contribution >= 4 is 23.2 Å². The SMILES string of the molecule is C/N=C(/C)c1cc(C(C)(C)C)c(C)c2c1C[C@H]1CC3CC(O)=C(C(N)=O)C(=O)[C@@]3(O)C(N=O)=C1C2=O. The monoisotopic (exact) mass is 493 g/mol. The van der Waals surface area contributed by atoms with Gasteiger partial charge in [-0.05, 0) is 71.5 Å². The molecule has 9 heteroatoms. The zero-order valence-corrected chi connectivity index (χ0v) is 21.4. The molecular formula is C27H31N3O6. The molecule has 190 valence electrons. The number of aliphatic imine (C=N–C) groups is 1. The van der Waals surface area contributed by atoms with Gasteiger partial charge in [-0.1, -0.05) is 20.8 Å². The first-order chi connectivity index (χ1) is 16.7. The highest BCUT2D eigenvalue weighted by Crippen LogP contribution is 2.52. The molecule has 9 nitrogen and oxygen atoms in total. The molecule has 0 fully saturated rings. The molecule has 0 heterocycles. The number of aliphatic hydroxyl groups excluding tert-OH is 1. The molecule has 36 heavy (non-hydrogen) atoms. The number of fused-ring (bicyclic) bond motifs is 3. The Morgan fingerprint density at radius 2 is 1.86 bits per heavy atom. The second kappa shape index (κ2) is 8.30. The number of hydrogen-bond acceptors (Lipinski definition) is 8. The highest BCUT2D eigenvalue weighted by atomic mass is 16.3. The van der Waals surface area contributed by atoms with Gasteiger partial charge in [-0.25, -0.2) is 0 Å². The summed E-state index contributed by atoms with van der Waals surface area (Å²) in [5.74, 6) is -4.86. The van der Waals surface area contributed by atoms with Crippen LogP contribution in [0.25, 0.3) is 0 Å². The number of ketones is 2. The van der Waals surface area contributed by atoms with Gasteiger partial charge < -0.3 is 15.9 Å². The van der Waals surface area contributed by atoms with Crippen LogP contribution >= 0.6 is 0 Å². The van der Waals surface area contributed by atoms with Crippen LogP contribution in [-0.2, 0) is 21.4 Å². The molecule has 0 spiro atoms. The number of primary amides is 1. The molecule has 1 aromatic rings. The van der Waals surface area contributed by atoms with Crippen molar-refractivity contribution in [3.63, 3.8) is 0 Å². The summed E-state index contributed by atoms with van der Waals surface area (Å²) in [4.78, 5) is 55.8. The van der Waals surface area contributed by atoms with Gasteiger partial charge >= 0.3 is 0 Å². The molecule has 3 aliphatic rings. The van der Waals surface area contributed by atoms with E-state index in [1.807, 2.05) is 34.6 Å². The van der Waals surface area contributed by atoms with Gasteiger partial charge in [-0.15, -0.1) is 4.91 Å². The Bertz CT molecular complexity index is 1340. The first-order valence-electron chi connectivity index (χ1n) is 11.9. The standard InChI is InChI=1S/C27H31N3O6/c1-11-17(26(3,4)5)10-15(12(2)29-6)16-8-13-7-14-9-18(31)21(25(28)34)24(33)27(14,35)23(30-36)20(13)22(32)19(11)16/h10,13-14,31,35H,7-9H2,1-6H3,(H2,28,34)/b29-12-/t13-,14?,27+/m1/s1. The molecule has 0 saturated heterocycles. The molecule has 4 rings (SSSR count). The van der Waals surface area contributed by atoms with E-state index in [0.717, 1.165) is 28.0 Å². The van der Waals surface area contributed by atoms with E-state index in [-0.39, 0.29) is 23.8 Å². The number of nitroso groups, excluding NO2 is 1. The van der Waals surface area contributed by atoms with E-state index in [1.54, 1.807) is 7.05 Å². The fourth-order valence-electron chi connectivity index (χ4n) is 6.21. The van der Waals surface area contributed by atoms with Gasteiger partial charge in [0, 0.05) is 36.2 Å². The number of benzene rings is 1. The number of allylic oxidation sites excluding steroid dienone is 2. The molecule has 3 atom stereocenters. The van der Waals surface area contributed by atoms with Crippen molar-refractivity contribution in [1.82, 2.24) is 0 Å². The van der Waals surface area contributed by atoms with Crippen LogP contribution in [0.15, 0.2) is 38.8 Å². The largest absolute Gasteiger partial charge is 0.511 e. The molecule has 1 amide bonds. The molecule has 1 unspecified atom stereocenters. The van der Waals surface area contributed by atoms with Crippen molar-refractivity contribution < 1.29 is 24.6 Å². The third-order valence-electron chi connectivity index (χ3n) is 7.97. The maximum absolute atomic E-state index is 14.1. The summed E-state index contributed by atoms with van der Waals surface area (Å²) in [5, 5.41) is 24.9. The lowest BCUT2D eigenvalue weighted by atomic mass is 9.59. The Balaban J connectivity index is 2.03. The van der Waals surface area contributed by atoms with Crippen molar-refractivity contribution in [2.45, 2.75) is 64.9 Å². The van der Waals surface area contributed by atoms with Crippen molar-refractivity contribution in [3.05, 3.63) is 61.4 Å². The average Bonchev–Trinajstić information content (AvgIpc) is 2.77. The number of hydrogen-bond donors (Lipinski definition) is 3. The quantitative estimate of drug-likeness (QED) is 0.333. The topological polar surface area (TPSA) is 159 Å². The average molecular weight is 494 g/mol. The maximum Gasteiger partial charge on any atom is 0.255 e. The summed E-state index contributed by atoms with van der Waals surface area (Å²) in [6.07, 6.45) is 0.269. The van der Waals surface area contributed by atoms with E-state index < -0.39 is 51.9 Å². The molecule has 4 N–H and O–H groups in total. The maximum atomic E-state index is 14.1. The number of carbonyl (C=O) groups is 3. The molecule has 0 bridgehead atoms. The predicted molar refractivity (Wildman–Crippen MR) is 134 cm³/mol. The van der Waals surface area contributed by atoms with Crippen LogP contribution in [0.1, 0.15) is 73.1 Å². The summed E-state index contributed by atoms with van der Waals surface area (Å²) in [7, 11) is 1.68. The fourth-order valence-corrected chi connectivity index (χ4v) is 6.21. The van der Waals surface area contributed by atoms with Crippen LogP contribution in [0.3, 0.4) is 0 Å². The second-order valence-corrected chi connectivity index (χ2v) is 11.0. The first kappa shape index (κ1) is 25.6. The number of nitrogens with zero attached hydrogens (tertiary/aromatic N) is 2. The summed E-state index contributed by atoms with van der Waals surface area (Å²) in [5.41, 5.74) is 5.63. The number of Topliss-reactive ketones (excluding diaryl/α,β-unsaturated/α-hetero) is 2. The van der Waals surface area contributed by atoms with Crippen LogP contribution in [0.2, 0.25) is 0 Å². The third kappa shape index (κ3) is 3.40. The van der Waals surface area contributed by atoms with E-state index in [1.165, 1.54) is 0 Å². The highest BCUT2D eigenvalue weighted by molar-refractivity contribution is 6.24. The van der Waals surface area contributed by atoms with Crippen molar-refractivity contribution in [2.24, 2.45) is 27.7 Å². The lowest BCUT2D eigenvalue weighted by molar-refractivity contribution is -0.140. The van der Waals surface area contributed by atoms with Crippen molar-refractivity contribution in [2.75, 3.05) is 7.05 Å². The van der Waals surface area contributed by atoms with E-state index in [0.29, 0.717) is 12.0 Å². The van der Waals surface area contributed by atoms with Crippen LogP contribution in [-0.4, -0.2) is 46.0 Å². The van der Waals surface area contributed by atoms with Gasteiger partial charge in [-0.2, -0.15) is 0 Å². The molecular weight excluding hydrogens is 462 g/mol. The molecule has 0 radical (unpaired) electrons. The normalized spacial score (nSPS) is 26.5. The van der Waals surface area contributed by atoms with Crippen molar-refractivity contribution in [3.8, 4) is 0 Å². The van der Waals surface area contributed by atoms with Gasteiger partial charge in [0.1, 0.15) is 17.0 Å². The lowest BCUT2D eigenvalue weighted by Gasteiger charge is -2.46. The lowest BCUT2D eigenvalue weighted by Crippen LogP contribution is -2.56. The number of rotatable bonds is 3. The molecule has 1 aromatic carbocycles. The number of carbonyl (C=O) groups excluding carboxylic acids is 3. The molecule has 0 aliphatic heterocycles. The minimum Gasteiger partial charge on any atom is -0.511 e. The van der Waals surface area contributed by atoms with Crippen LogP contribution in [0, 0.1) is 23.7 Å². The van der Waals surface area contributed by atoms with Gasteiger partial charge in [-0.3, -0.25) is 19.4 Å². The number of aliphatic hydroxyl groups is 2. The highest BCUT2D eigenvalue weighted by Gasteiger charge is 2.60. The van der Waals surface area contributed by atoms with Crippen LogP contribution < -0.4 is 5.73 Å². The Kier molecular flexibility index (Phi) is 5.91. The molecule has 0 saturated carbocycles. The van der Waals surface area contributed by atoms with Crippen LogP contribution in [0.5, 0.6) is 0 Å². The first-order valence-corrected chi connectivity index (χ1v) is 11.9. The fraction of sp³-hybridized carbons (Fsp3) is 0.481. The van der Waals surface area contributed by atoms with Gasteiger partial charge in [0.25, 0.3) is 5.91 Å². The van der Waals surface area contributed by atoms with E-state index in [2.05, 4.69) is 16.2 Å². The third-order valence-corrected chi connectivity index (χ3v) is 7.97. The van der Waals surface area contributed by atoms with Gasteiger partial charge in [0.2, 0.25) is 5.78 Å². The molecule has 0 aromatic heterocycles. The summed E-state index contributed by atoms with van der Waals surface area (Å²) in [6, 6.07) is 2.06. The second-order valence-electron chi connectivity index (χ2n) is 11.0. The smallest absolute Gasteiger partial charge is 0.255 e. The van der Waals surface area contributed by atoms with Crippen molar-refractivity contribution in [1.29, 1.82) is 0 Å². The summed E-state index contributed by atoms with van der Waals surface area (Å²) < 4.78 is 0. The van der Waals surface area contributed by atoms with Crippen LogP contribution in [0.4, 0.5) is 0 Å². The Morgan fingerprint density at radius 3 is 2.39 bits per heavy atom. The predicted octanol–water partition coefficient (Wildman–Crippen LogP) is 3.13. The van der Waals surface area contributed by atoms with Gasteiger partial charge in [0.15, 0.2) is 11.4 Å². The van der Waals surface area contributed by atoms with E-state index >= 15 is 0 Å². The van der Waals surface area contributed by atoms with E-state index in [4.69, 9.17) is 5.73 Å². The Hall–Kier alpha value is -3.46. The van der Waals surface area contributed by atoms with Gasteiger partial charge in [0.05, 0.1) is 0 Å². The number of nitrogens with two attached hydrogens (primary N) is 1. The van der Waals surface area contributed by atoms with E-state index in [9.17, 15) is 29.5 Å². The Labute approximate surface area is 209 Å². The zero-order chi connectivity index (χ0) is 26.9. The minimum atomic E-state index is -2.52. The Morgan fingerprint density at radius 1 is 1.22 bits per heavy atom.